The number of ether oxygens (including phenoxy) is 1. The Labute approximate surface area is 181 Å². The first-order valence-electron chi connectivity index (χ1n) is 9.87. The molecular weight excluding hydrogens is 402 g/mol. The summed E-state index contributed by atoms with van der Waals surface area (Å²) in [6.07, 6.45) is 6.01. The Morgan fingerprint density at radius 2 is 1.80 bits per heavy atom. The molecule has 0 bridgehead atoms. The fourth-order valence-corrected chi connectivity index (χ4v) is 3.75. The number of anilines is 1. The van der Waals surface area contributed by atoms with E-state index in [1.54, 1.807) is 61.6 Å². The van der Waals surface area contributed by atoms with Crippen molar-refractivity contribution in [2.24, 2.45) is 0 Å². The summed E-state index contributed by atoms with van der Waals surface area (Å²) >= 11 is 1.66. The average Bonchev–Trinajstić information content (AvgIpc) is 2.82. The number of piperazine rings is 1. The number of thioether (sulfide) groups is 1. The quantitative estimate of drug-likeness (QED) is 0.683. The van der Waals surface area contributed by atoms with E-state index in [0.717, 1.165) is 5.75 Å². The van der Waals surface area contributed by atoms with Crippen LogP contribution in [-0.4, -0.2) is 78.0 Å². The maximum absolute atomic E-state index is 13.1. The Kier molecular flexibility index (Phi) is 7.89. The van der Waals surface area contributed by atoms with Gasteiger partial charge < -0.3 is 19.9 Å². The number of carbonyl (C=O) groups excluding carboxylic acids is 2. The molecule has 0 saturated carbocycles. The number of methoxy groups -OCH3 is 1. The zero-order chi connectivity index (χ0) is 21.3. The molecule has 2 aromatic rings. The van der Waals surface area contributed by atoms with Gasteiger partial charge in [0.25, 0.3) is 5.91 Å². The normalized spacial score (nSPS) is 14.9. The molecule has 1 aromatic heterocycles. The van der Waals surface area contributed by atoms with Crippen molar-refractivity contribution in [3.05, 3.63) is 48.3 Å². The van der Waals surface area contributed by atoms with Crippen LogP contribution in [0.2, 0.25) is 0 Å². The fourth-order valence-electron chi connectivity index (χ4n) is 3.28. The van der Waals surface area contributed by atoms with E-state index in [0.29, 0.717) is 49.9 Å². The first-order chi connectivity index (χ1) is 14.6. The Balaban J connectivity index is 1.61. The molecule has 0 spiro atoms. The van der Waals surface area contributed by atoms with E-state index >= 15 is 0 Å². The fraction of sp³-hybridized carbons (Fsp3) is 0.429. The molecule has 3 rings (SSSR count). The van der Waals surface area contributed by atoms with Gasteiger partial charge in [0.15, 0.2) is 0 Å². The first kappa shape index (κ1) is 21.9. The summed E-state index contributed by atoms with van der Waals surface area (Å²) in [5, 5.41) is 2.92. The van der Waals surface area contributed by atoms with Crippen molar-refractivity contribution in [3.63, 3.8) is 0 Å². The van der Waals surface area contributed by atoms with Crippen molar-refractivity contribution in [3.8, 4) is 5.75 Å². The number of aromatic nitrogens is 2. The van der Waals surface area contributed by atoms with Gasteiger partial charge in [0, 0.05) is 44.1 Å². The molecule has 9 heteroatoms. The molecule has 0 radical (unpaired) electrons. The zero-order valence-corrected chi connectivity index (χ0v) is 18.1. The highest BCUT2D eigenvalue weighted by molar-refractivity contribution is 7.98. The molecule has 30 heavy (non-hydrogen) atoms. The Morgan fingerprint density at radius 3 is 2.40 bits per heavy atom. The molecule has 1 N–H and O–H groups in total. The van der Waals surface area contributed by atoms with Gasteiger partial charge in [-0.2, -0.15) is 11.8 Å². The molecule has 1 saturated heterocycles. The summed E-state index contributed by atoms with van der Waals surface area (Å²) in [5.74, 6) is 1.85. The number of hydrogen-bond acceptors (Lipinski definition) is 7. The van der Waals surface area contributed by atoms with Crippen LogP contribution in [0.3, 0.4) is 0 Å². The van der Waals surface area contributed by atoms with Crippen LogP contribution < -0.4 is 15.0 Å². The van der Waals surface area contributed by atoms with Gasteiger partial charge in [-0.05, 0) is 48.8 Å². The molecular formula is C21H27N5O3S. The summed E-state index contributed by atoms with van der Waals surface area (Å²) in [6, 6.07) is 8.10. The van der Waals surface area contributed by atoms with Crippen LogP contribution in [0.15, 0.2) is 42.7 Å². The summed E-state index contributed by atoms with van der Waals surface area (Å²) < 4.78 is 5.13. The minimum Gasteiger partial charge on any atom is -0.497 e. The van der Waals surface area contributed by atoms with Gasteiger partial charge in [-0.25, -0.2) is 9.97 Å². The Bertz CT molecular complexity index is 826. The smallest absolute Gasteiger partial charge is 0.251 e. The highest BCUT2D eigenvalue weighted by Gasteiger charge is 2.29. The van der Waals surface area contributed by atoms with Crippen molar-refractivity contribution in [1.29, 1.82) is 0 Å². The van der Waals surface area contributed by atoms with Crippen LogP contribution in [0.5, 0.6) is 5.75 Å². The summed E-state index contributed by atoms with van der Waals surface area (Å²) in [7, 11) is 1.58. The molecule has 8 nitrogen and oxygen atoms in total. The van der Waals surface area contributed by atoms with Gasteiger partial charge in [0.05, 0.1) is 7.11 Å². The number of rotatable bonds is 8. The summed E-state index contributed by atoms with van der Waals surface area (Å²) in [6.45, 7) is 2.48. The topological polar surface area (TPSA) is 87.7 Å². The van der Waals surface area contributed by atoms with Gasteiger partial charge in [0.2, 0.25) is 11.9 Å². The van der Waals surface area contributed by atoms with E-state index < -0.39 is 6.04 Å². The van der Waals surface area contributed by atoms with Crippen molar-refractivity contribution < 1.29 is 14.3 Å². The van der Waals surface area contributed by atoms with Gasteiger partial charge in [-0.1, -0.05) is 0 Å². The van der Waals surface area contributed by atoms with Crippen molar-refractivity contribution in [2.45, 2.75) is 12.5 Å². The first-order valence-corrected chi connectivity index (χ1v) is 11.3. The molecule has 1 aromatic carbocycles. The summed E-state index contributed by atoms with van der Waals surface area (Å²) in [4.78, 5) is 38.3. The lowest BCUT2D eigenvalue weighted by Gasteiger charge is -2.36. The SMILES string of the molecule is COc1ccc(C(=O)N[C@@H](CCSC)C(=O)N2CCN(c3ncccn3)CC2)cc1. The van der Waals surface area contributed by atoms with Crippen molar-refractivity contribution in [2.75, 3.05) is 50.2 Å². The number of hydrogen-bond donors (Lipinski definition) is 1. The standard InChI is InChI=1S/C21H27N5O3S/c1-29-17-6-4-16(5-7-17)19(27)24-18(8-15-30-2)20(28)25-11-13-26(14-12-25)21-22-9-3-10-23-21/h3-7,9-10,18H,8,11-15H2,1-2H3,(H,24,27)/t18-/m0/s1. The van der Waals surface area contributed by atoms with Gasteiger partial charge in [-0.15, -0.1) is 0 Å². The number of nitrogens with zero attached hydrogens (tertiary/aromatic N) is 4. The lowest BCUT2D eigenvalue weighted by atomic mass is 10.1. The monoisotopic (exact) mass is 429 g/mol. The maximum Gasteiger partial charge on any atom is 0.251 e. The summed E-state index contributed by atoms with van der Waals surface area (Å²) in [5.41, 5.74) is 0.504. The third-order valence-corrected chi connectivity index (χ3v) is 5.64. The molecule has 0 unspecified atom stereocenters. The van der Waals surface area contributed by atoms with Crippen LogP contribution in [-0.2, 0) is 4.79 Å². The van der Waals surface area contributed by atoms with E-state index in [-0.39, 0.29) is 11.8 Å². The van der Waals surface area contributed by atoms with Crippen molar-refractivity contribution >= 4 is 29.5 Å². The molecule has 1 aliphatic heterocycles. The highest BCUT2D eigenvalue weighted by atomic mass is 32.2. The minimum atomic E-state index is -0.549. The second-order valence-electron chi connectivity index (χ2n) is 6.90. The molecule has 2 amide bonds. The van der Waals surface area contributed by atoms with E-state index in [9.17, 15) is 9.59 Å². The van der Waals surface area contributed by atoms with Crippen LogP contribution in [0.4, 0.5) is 5.95 Å². The molecule has 2 heterocycles. The number of benzene rings is 1. The molecule has 0 aliphatic carbocycles. The average molecular weight is 430 g/mol. The third kappa shape index (κ3) is 5.63. The lowest BCUT2D eigenvalue weighted by Crippen LogP contribution is -2.55. The maximum atomic E-state index is 13.1. The number of nitrogens with one attached hydrogen (secondary N) is 1. The van der Waals surface area contributed by atoms with Crippen molar-refractivity contribution in [1.82, 2.24) is 20.2 Å². The van der Waals surface area contributed by atoms with Gasteiger partial charge >= 0.3 is 0 Å². The van der Waals surface area contributed by atoms with E-state index in [4.69, 9.17) is 4.74 Å². The van der Waals surface area contributed by atoms with Crippen LogP contribution in [0.25, 0.3) is 0 Å². The number of carbonyl (C=O) groups is 2. The third-order valence-electron chi connectivity index (χ3n) is 4.99. The van der Waals surface area contributed by atoms with Crippen LogP contribution >= 0.6 is 11.8 Å². The predicted octanol–water partition coefficient (Wildman–Crippen LogP) is 1.69. The Hall–Kier alpha value is -2.81. The largest absolute Gasteiger partial charge is 0.497 e. The zero-order valence-electron chi connectivity index (χ0n) is 17.3. The van der Waals surface area contributed by atoms with E-state index in [1.807, 2.05) is 11.2 Å². The predicted molar refractivity (Wildman–Crippen MR) is 118 cm³/mol. The Morgan fingerprint density at radius 1 is 1.13 bits per heavy atom. The molecule has 1 atom stereocenters. The number of amides is 2. The highest BCUT2D eigenvalue weighted by Crippen LogP contribution is 2.14. The second kappa shape index (κ2) is 10.8. The molecule has 160 valence electrons. The van der Waals surface area contributed by atoms with Gasteiger partial charge in [0.1, 0.15) is 11.8 Å². The minimum absolute atomic E-state index is 0.0421. The van der Waals surface area contributed by atoms with E-state index in [2.05, 4.69) is 20.2 Å². The second-order valence-corrected chi connectivity index (χ2v) is 7.88. The van der Waals surface area contributed by atoms with Crippen LogP contribution in [0, 0.1) is 0 Å². The van der Waals surface area contributed by atoms with E-state index in [1.165, 1.54) is 0 Å². The molecule has 1 fully saturated rings. The van der Waals surface area contributed by atoms with Gasteiger partial charge in [-0.3, -0.25) is 9.59 Å². The molecule has 1 aliphatic rings. The van der Waals surface area contributed by atoms with Crippen LogP contribution in [0.1, 0.15) is 16.8 Å². The lowest BCUT2D eigenvalue weighted by molar-refractivity contribution is -0.133.